The normalized spacial score (nSPS) is 7.89. The van der Waals surface area contributed by atoms with Crippen molar-refractivity contribution >= 4 is 33.2 Å². The van der Waals surface area contributed by atoms with Gasteiger partial charge in [0.05, 0.1) is 0 Å². The lowest BCUT2D eigenvalue weighted by Gasteiger charge is -1.81. The summed E-state index contributed by atoms with van der Waals surface area (Å²) in [6.07, 6.45) is 0. The minimum absolute atomic E-state index is 0. The van der Waals surface area contributed by atoms with Crippen LogP contribution < -0.4 is 0 Å². The van der Waals surface area contributed by atoms with Crippen molar-refractivity contribution in [1.82, 2.24) is 0 Å². The molecule has 0 atom stereocenters. The van der Waals surface area contributed by atoms with Crippen LogP contribution >= 0.6 is 33.2 Å². The average Bonchev–Trinajstić information content (AvgIpc) is 1.25. The molecule has 0 fully saturated rings. The van der Waals surface area contributed by atoms with E-state index >= 15 is 0 Å². The van der Waals surface area contributed by atoms with Gasteiger partial charge in [0.15, 0.2) is 0 Å². The molecule has 0 radical (unpaired) electrons. The first-order valence-corrected chi connectivity index (χ1v) is 5.98. The van der Waals surface area contributed by atoms with E-state index in [9.17, 15) is 0 Å². The molecule has 0 aliphatic heterocycles. The third-order valence-electron chi connectivity index (χ3n) is 0. The molecule has 0 aliphatic rings. The zero-order valence-electron chi connectivity index (χ0n) is 5.66. The molecular formula is C3H13BrO3P2. The molecule has 0 rings (SSSR count). The van der Waals surface area contributed by atoms with Crippen LogP contribution in [0.1, 0.15) is 0 Å². The Bertz CT molecular complexity index is 61.3. The lowest BCUT2D eigenvalue weighted by atomic mass is 11.9. The third-order valence-corrected chi connectivity index (χ3v) is 0. The van der Waals surface area contributed by atoms with Crippen molar-refractivity contribution < 1.29 is 14.4 Å². The molecule has 0 unspecified atom stereocenters. The van der Waals surface area contributed by atoms with Gasteiger partial charge in [0.25, 0.3) is 0 Å². The van der Waals surface area contributed by atoms with E-state index in [-0.39, 0.29) is 17.0 Å². The van der Waals surface area contributed by atoms with E-state index in [2.05, 4.69) is 20.0 Å². The summed E-state index contributed by atoms with van der Waals surface area (Å²) in [4.78, 5) is 14.3. The first kappa shape index (κ1) is 16.6. The quantitative estimate of drug-likeness (QED) is 0.626. The van der Waals surface area contributed by atoms with E-state index in [0.717, 1.165) is 0 Å². The number of hydrogen-bond donors (Lipinski definition) is 2. The van der Waals surface area contributed by atoms with Crippen molar-refractivity contribution in [3.8, 4) is 0 Å². The first-order chi connectivity index (χ1) is 3.46. The van der Waals surface area contributed by atoms with Crippen LogP contribution in [-0.4, -0.2) is 29.8 Å². The van der Waals surface area contributed by atoms with E-state index < -0.39 is 8.25 Å². The van der Waals surface area contributed by atoms with Gasteiger partial charge in [-0.2, -0.15) is 0 Å². The van der Waals surface area contributed by atoms with Gasteiger partial charge in [0.1, 0.15) is 0 Å². The van der Waals surface area contributed by atoms with Crippen molar-refractivity contribution in [3.05, 3.63) is 0 Å². The van der Waals surface area contributed by atoms with E-state index in [4.69, 9.17) is 14.4 Å². The summed E-state index contributed by atoms with van der Waals surface area (Å²) in [6, 6.07) is 0. The second-order valence-electron chi connectivity index (χ2n) is 1.62. The van der Waals surface area contributed by atoms with Crippen molar-refractivity contribution in [1.29, 1.82) is 0 Å². The van der Waals surface area contributed by atoms with Crippen molar-refractivity contribution in [2.75, 3.05) is 20.0 Å². The maximum Gasteiger partial charge on any atom is 0.314 e. The fraction of sp³-hybridized carbons (Fsp3) is 1.00. The van der Waals surface area contributed by atoms with Crippen LogP contribution in [0.4, 0.5) is 0 Å². The zero-order valence-corrected chi connectivity index (χ0v) is 9.27. The van der Waals surface area contributed by atoms with E-state index in [1.54, 1.807) is 0 Å². The molecule has 0 aromatic heterocycles. The van der Waals surface area contributed by atoms with Gasteiger partial charge >= 0.3 is 8.25 Å². The predicted octanol–water partition coefficient (Wildman–Crippen LogP) is 1.30. The Balaban J connectivity index is -0.0000000720. The van der Waals surface area contributed by atoms with E-state index in [1.165, 1.54) is 0 Å². The fourth-order valence-corrected chi connectivity index (χ4v) is 0. The van der Waals surface area contributed by atoms with E-state index in [0.29, 0.717) is 7.92 Å². The molecule has 3 nitrogen and oxygen atoms in total. The lowest BCUT2D eigenvalue weighted by molar-refractivity contribution is 0.405. The molecule has 0 heterocycles. The highest BCUT2D eigenvalue weighted by Crippen LogP contribution is 2.14. The Labute approximate surface area is 68.0 Å². The molecule has 0 bridgehead atoms. The van der Waals surface area contributed by atoms with Gasteiger partial charge in [-0.1, -0.05) is 0 Å². The maximum absolute atomic E-state index is 8.74. The number of hydrogen-bond acceptors (Lipinski definition) is 1. The van der Waals surface area contributed by atoms with Gasteiger partial charge in [0.2, 0.25) is 0 Å². The molecule has 0 aromatic carbocycles. The summed E-state index contributed by atoms with van der Waals surface area (Å²) in [7, 11) is -2.75. The minimum atomic E-state index is -3.13. The first-order valence-electron chi connectivity index (χ1n) is 1.99. The molecule has 0 saturated carbocycles. The Kier molecular flexibility index (Phi) is 21.7. The summed E-state index contributed by atoms with van der Waals surface area (Å²) in [5.41, 5.74) is 0. The maximum atomic E-state index is 8.74. The van der Waals surface area contributed by atoms with Crippen molar-refractivity contribution in [2.24, 2.45) is 0 Å². The highest BCUT2D eigenvalue weighted by molar-refractivity contribution is 8.93. The molecule has 2 N–H and O–H groups in total. The van der Waals surface area contributed by atoms with Crippen molar-refractivity contribution in [3.63, 3.8) is 0 Å². The SMILES string of the molecule is Br.CP(C)C.O=[PH](O)O. The van der Waals surface area contributed by atoms with Gasteiger partial charge in [0, 0.05) is 0 Å². The Morgan fingerprint density at radius 3 is 1.22 bits per heavy atom. The molecule has 0 spiro atoms. The second kappa shape index (κ2) is 11.8. The van der Waals surface area contributed by atoms with Crippen LogP contribution in [0.3, 0.4) is 0 Å². The average molecular weight is 239 g/mol. The Hall–Kier alpha value is 1.06. The Morgan fingerprint density at radius 1 is 1.22 bits per heavy atom. The summed E-state index contributed by atoms with van der Waals surface area (Å²) >= 11 is 0. The summed E-state index contributed by atoms with van der Waals surface area (Å²) in [5, 5.41) is 0. The van der Waals surface area contributed by atoms with Gasteiger partial charge in [-0.15, -0.1) is 24.9 Å². The van der Waals surface area contributed by atoms with Gasteiger partial charge < -0.3 is 9.79 Å². The van der Waals surface area contributed by atoms with Crippen LogP contribution in [0.5, 0.6) is 0 Å². The third kappa shape index (κ3) is 402. The van der Waals surface area contributed by atoms with Crippen LogP contribution in [0.15, 0.2) is 0 Å². The molecule has 6 heteroatoms. The summed E-state index contributed by atoms with van der Waals surface area (Å²) in [5.74, 6) is 0. The van der Waals surface area contributed by atoms with Crippen LogP contribution in [0, 0.1) is 0 Å². The monoisotopic (exact) mass is 238 g/mol. The van der Waals surface area contributed by atoms with Crippen molar-refractivity contribution in [2.45, 2.75) is 0 Å². The highest BCUT2D eigenvalue weighted by Gasteiger charge is 1.65. The van der Waals surface area contributed by atoms with Gasteiger partial charge in [-0.3, -0.25) is 4.57 Å². The number of rotatable bonds is 0. The minimum Gasteiger partial charge on any atom is -0.326 e. The molecule has 0 saturated heterocycles. The fourth-order valence-electron chi connectivity index (χ4n) is 0. The Morgan fingerprint density at radius 2 is 1.22 bits per heavy atom. The lowest BCUT2D eigenvalue weighted by Crippen LogP contribution is -1.48. The predicted molar refractivity (Wildman–Crippen MR) is 48.5 cm³/mol. The largest absolute Gasteiger partial charge is 0.326 e. The van der Waals surface area contributed by atoms with Crippen LogP contribution in [-0.2, 0) is 4.57 Å². The van der Waals surface area contributed by atoms with Gasteiger partial charge in [-0.25, -0.2) is 0 Å². The molecule has 0 amide bonds. The molecule has 9 heavy (non-hydrogen) atoms. The van der Waals surface area contributed by atoms with E-state index in [1.807, 2.05) is 0 Å². The molecule has 0 aliphatic carbocycles. The molecule has 0 aromatic rings. The summed E-state index contributed by atoms with van der Waals surface area (Å²) < 4.78 is 8.74. The highest BCUT2D eigenvalue weighted by atomic mass is 79.9. The standard InChI is InChI=1S/C3H9P.BrH.H3O3P/c1-4(2)3;;1-4(2)3/h1-3H3;1H;4H,(H2,1,2,3). The molecule has 60 valence electrons. The number of halogens is 1. The topological polar surface area (TPSA) is 57.5 Å². The second-order valence-corrected chi connectivity index (χ2v) is 4.87. The summed E-state index contributed by atoms with van der Waals surface area (Å²) in [6.45, 7) is 6.69. The molecular weight excluding hydrogens is 226 g/mol. The smallest absolute Gasteiger partial charge is 0.314 e. The van der Waals surface area contributed by atoms with Crippen LogP contribution in [0.25, 0.3) is 0 Å². The van der Waals surface area contributed by atoms with Crippen LogP contribution in [0.2, 0.25) is 0 Å². The van der Waals surface area contributed by atoms with Gasteiger partial charge in [-0.05, 0) is 20.0 Å². The zero-order chi connectivity index (χ0) is 7.15.